The van der Waals surface area contributed by atoms with Crippen LogP contribution in [-0.4, -0.2) is 31.2 Å². The highest BCUT2D eigenvalue weighted by atomic mass is 16.2. The average Bonchev–Trinajstić information content (AvgIpc) is 2.94. The molecule has 37 heavy (non-hydrogen) atoms. The molecule has 3 N–H and O–H groups in total. The highest BCUT2D eigenvalue weighted by Crippen LogP contribution is 2.32. The van der Waals surface area contributed by atoms with E-state index >= 15 is 0 Å². The second-order valence-electron chi connectivity index (χ2n) is 9.46. The van der Waals surface area contributed by atoms with Crippen molar-refractivity contribution >= 4 is 39.8 Å². The number of benzene rings is 4. The van der Waals surface area contributed by atoms with E-state index in [0.29, 0.717) is 30.5 Å². The van der Waals surface area contributed by atoms with Crippen LogP contribution in [0.5, 0.6) is 0 Å². The van der Waals surface area contributed by atoms with E-state index in [2.05, 4.69) is 0 Å². The number of carbonyl (C=O) groups excluding carboxylic acids is 2. The van der Waals surface area contributed by atoms with Crippen molar-refractivity contribution in [1.29, 1.82) is 5.41 Å². The van der Waals surface area contributed by atoms with Gasteiger partial charge in [-0.15, -0.1) is 0 Å². The number of nitrogens with zero attached hydrogens (tertiary/aromatic N) is 2. The van der Waals surface area contributed by atoms with Crippen LogP contribution in [0.1, 0.15) is 39.9 Å². The van der Waals surface area contributed by atoms with E-state index in [9.17, 15) is 9.59 Å². The zero-order valence-electron chi connectivity index (χ0n) is 20.9. The number of amidine groups is 1. The number of nitrogen functional groups attached to an aromatic ring is 1. The quantitative estimate of drug-likeness (QED) is 0.283. The van der Waals surface area contributed by atoms with Gasteiger partial charge >= 0.3 is 0 Å². The van der Waals surface area contributed by atoms with Gasteiger partial charge < -0.3 is 15.5 Å². The molecule has 5 rings (SSSR count). The summed E-state index contributed by atoms with van der Waals surface area (Å²) in [4.78, 5) is 30.1. The largest absolute Gasteiger partial charge is 0.384 e. The number of fused-ring (bicyclic) bond motifs is 2. The predicted octanol–water partition coefficient (Wildman–Crippen LogP) is 5.31. The smallest absolute Gasteiger partial charge is 0.258 e. The first kappa shape index (κ1) is 24.3. The Morgan fingerprint density at radius 3 is 2.51 bits per heavy atom. The maximum absolute atomic E-state index is 13.4. The molecule has 0 atom stereocenters. The van der Waals surface area contributed by atoms with E-state index in [-0.39, 0.29) is 17.6 Å². The summed E-state index contributed by atoms with van der Waals surface area (Å²) in [5, 5.41) is 9.49. The molecule has 2 amide bonds. The van der Waals surface area contributed by atoms with Gasteiger partial charge in [-0.3, -0.25) is 15.0 Å². The fourth-order valence-electron chi connectivity index (χ4n) is 5.00. The van der Waals surface area contributed by atoms with Gasteiger partial charge in [-0.05, 0) is 65.4 Å². The fourth-order valence-corrected chi connectivity index (χ4v) is 5.00. The van der Waals surface area contributed by atoms with Gasteiger partial charge in [0.25, 0.3) is 5.91 Å². The monoisotopic (exact) mass is 490 g/mol. The lowest BCUT2D eigenvalue weighted by Gasteiger charge is -2.31. The molecule has 0 unspecified atom stereocenters. The van der Waals surface area contributed by atoms with E-state index in [1.165, 1.54) is 0 Å². The molecule has 1 aliphatic heterocycles. The van der Waals surface area contributed by atoms with Crippen molar-refractivity contribution in [1.82, 2.24) is 0 Å². The number of hydrogen-bond donors (Lipinski definition) is 2. The molecule has 6 heteroatoms. The molecule has 0 saturated carbocycles. The van der Waals surface area contributed by atoms with E-state index < -0.39 is 0 Å². The van der Waals surface area contributed by atoms with Crippen LogP contribution in [0.15, 0.2) is 84.9 Å². The summed E-state index contributed by atoms with van der Waals surface area (Å²) in [7, 11) is 1.80. The Labute approximate surface area is 216 Å². The summed E-state index contributed by atoms with van der Waals surface area (Å²) in [6.07, 6.45) is 2.79. The van der Waals surface area contributed by atoms with Crippen molar-refractivity contribution in [3.63, 3.8) is 0 Å². The summed E-state index contributed by atoms with van der Waals surface area (Å²) in [6, 6.07) is 27.1. The van der Waals surface area contributed by atoms with Gasteiger partial charge in [0, 0.05) is 42.5 Å². The number of hydrogen-bond acceptors (Lipinski definition) is 3. The summed E-state index contributed by atoms with van der Waals surface area (Å²) in [5.41, 5.74) is 10.7. The number of rotatable bonds is 6. The van der Waals surface area contributed by atoms with Crippen molar-refractivity contribution in [2.45, 2.75) is 25.7 Å². The lowest BCUT2D eigenvalue weighted by atomic mass is 9.99. The molecule has 1 heterocycles. The van der Waals surface area contributed by atoms with Crippen molar-refractivity contribution in [2.75, 3.05) is 23.4 Å². The van der Waals surface area contributed by atoms with Crippen molar-refractivity contribution < 1.29 is 9.59 Å². The van der Waals surface area contributed by atoms with Gasteiger partial charge in [-0.25, -0.2) is 0 Å². The van der Waals surface area contributed by atoms with Crippen molar-refractivity contribution in [3.05, 3.63) is 107 Å². The molecule has 0 aliphatic carbocycles. The van der Waals surface area contributed by atoms with Gasteiger partial charge in [0.2, 0.25) is 5.91 Å². The molecule has 4 aromatic carbocycles. The molecular weight excluding hydrogens is 460 g/mol. The maximum Gasteiger partial charge on any atom is 0.258 e. The number of carbonyl (C=O) groups is 2. The molecule has 1 aliphatic rings. The van der Waals surface area contributed by atoms with Gasteiger partial charge in [0.1, 0.15) is 5.84 Å². The predicted molar refractivity (Wildman–Crippen MR) is 150 cm³/mol. The van der Waals surface area contributed by atoms with Crippen LogP contribution in [0.25, 0.3) is 10.8 Å². The van der Waals surface area contributed by atoms with Crippen LogP contribution < -0.4 is 15.5 Å². The van der Waals surface area contributed by atoms with Crippen molar-refractivity contribution in [3.8, 4) is 0 Å². The lowest BCUT2D eigenvalue weighted by molar-refractivity contribution is -0.118. The van der Waals surface area contributed by atoms with Gasteiger partial charge in [-0.2, -0.15) is 0 Å². The number of amides is 2. The molecular formula is C31H30N4O2. The third-order valence-electron chi connectivity index (χ3n) is 7.09. The first-order chi connectivity index (χ1) is 17.9. The number of nitrogens with two attached hydrogens (primary N) is 1. The van der Waals surface area contributed by atoms with Crippen LogP contribution in [0.3, 0.4) is 0 Å². The third-order valence-corrected chi connectivity index (χ3v) is 7.09. The summed E-state index contributed by atoms with van der Waals surface area (Å²) in [5.74, 6) is 0.0669. The minimum Gasteiger partial charge on any atom is -0.384 e. The Bertz CT molecular complexity index is 1490. The average molecular weight is 491 g/mol. The summed E-state index contributed by atoms with van der Waals surface area (Å²) >= 11 is 0. The number of nitrogens with one attached hydrogen (secondary N) is 1. The topological polar surface area (TPSA) is 90.5 Å². The van der Waals surface area contributed by atoms with Crippen molar-refractivity contribution in [2.24, 2.45) is 5.73 Å². The second-order valence-corrected chi connectivity index (χ2v) is 9.46. The van der Waals surface area contributed by atoms with Gasteiger partial charge in [0.05, 0.1) is 0 Å². The van der Waals surface area contributed by atoms with Crippen LogP contribution in [0.2, 0.25) is 0 Å². The van der Waals surface area contributed by atoms with E-state index in [1.807, 2.05) is 89.8 Å². The second kappa shape index (κ2) is 10.3. The Morgan fingerprint density at radius 1 is 0.973 bits per heavy atom. The van der Waals surface area contributed by atoms with E-state index in [4.69, 9.17) is 11.1 Å². The molecule has 0 aromatic heterocycles. The SMILES string of the molecule is CN(C(=O)c1cccc2ccccc12)c1ccc2c(c1)CCCN2C(=O)CCc1ccc(C(=N)N)cc1. The molecule has 4 aromatic rings. The Hall–Kier alpha value is -4.45. The van der Waals surface area contributed by atoms with Gasteiger partial charge in [-0.1, -0.05) is 60.7 Å². The molecule has 0 saturated heterocycles. The Kier molecular flexibility index (Phi) is 6.73. The van der Waals surface area contributed by atoms with Gasteiger partial charge in [0.15, 0.2) is 0 Å². The molecule has 0 spiro atoms. The first-order valence-corrected chi connectivity index (χ1v) is 12.5. The zero-order valence-corrected chi connectivity index (χ0v) is 20.9. The highest BCUT2D eigenvalue weighted by Gasteiger charge is 2.24. The van der Waals surface area contributed by atoms with E-state index in [0.717, 1.165) is 46.1 Å². The lowest BCUT2D eigenvalue weighted by Crippen LogP contribution is -2.36. The maximum atomic E-state index is 13.4. The molecule has 0 bridgehead atoms. The van der Waals surface area contributed by atoms with Crippen LogP contribution >= 0.6 is 0 Å². The molecule has 6 nitrogen and oxygen atoms in total. The molecule has 186 valence electrons. The minimum atomic E-state index is -0.0590. The standard InChI is InChI=1S/C31H30N4O2/c1-34(31(37)27-10-4-7-22-6-2-3-9-26(22)27)25-16-17-28-24(20-25)8-5-19-35(28)29(36)18-13-21-11-14-23(15-12-21)30(32)33/h2-4,6-7,9-12,14-17,20H,5,8,13,18-19H2,1H3,(H3,32,33). The van der Waals surface area contributed by atoms with Crippen LogP contribution in [-0.2, 0) is 17.6 Å². The Balaban J connectivity index is 1.31. The Morgan fingerprint density at radius 2 is 1.73 bits per heavy atom. The minimum absolute atomic E-state index is 0.0383. The normalized spacial score (nSPS) is 12.7. The summed E-state index contributed by atoms with van der Waals surface area (Å²) < 4.78 is 0. The van der Waals surface area contributed by atoms with Crippen LogP contribution in [0.4, 0.5) is 11.4 Å². The fraction of sp³-hybridized carbons (Fsp3) is 0.194. The molecule has 0 fully saturated rings. The summed E-state index contributed by atoms with van der Waals surface area (Å²) in [6.45, 7) is 0.694. The van der Waals surface area contributed by atoms with Crippen LogP contribution in [0, 0.1) is 5.41 Å². The zero-order chi connectivity index (χ0) is 25.9. The first-order valence-electron chi connectivity index (χ1n) is 12.5. The number of aryl methyl sites for hydroxylation is 2. The van der Waals surface area contributed by atoms with E-state index in [1.54, 1.807) is 11.9 Å². The third kappa shape index (κ3) is 4.96. The number of anilines is 2. The molecule has 0 radical (unpaired) electrons. The highest BCUT2D eigenvalue weighted by molar-refractivity contribution is 6.14.